The van der Waals surface area contributed by atoms with Gasteiger partial charge in [-0.15, -0.1) is 0 Å². The first-order chi connectivity index (χ1) is 9.13. The standard InChI is InChI=1S/C12H9N5O2/c13-9-4-14-5-10(16-9)15-6-1-2-7-8(3-6)12(19)17-11(7)18/h1-5H,(H3,13,15,16)(H,17,18,19). The molecule has 0 aliphatic carbocycles. The number of carbonyl (C=O) groups is 2. The lowest BCUT2D eigenvalue weighted by molar-refractivity contribution is 0.0879. The van der Waals surface area contributed by atoms with Crippen LogP contribution in [0, 0.1) is 0 Å². The Bertz CT molecular complexity index is 698. The van der Waals surface area contributed by atoms with E-state index >= 15 is 0 Å². The van der Waals surface area contributed by atoms with Crippen LogP contribution >= 0.6 is 0 Å². The van der Waals surface area contributed by atoms with Crippen LogP contribution in [-0.2, 0) is 0 Å². The number of fused-ring (bicyclic) bond motifs is 1. The predicted octanol–water partition coefficient (Wildman–Crippen LogP) is 0.686. The number of nitrogen functional groups attached to an aromatic ring is 1. The van der Waals surface area contributed by atoms with Crippen molar-refractivity contribution in [1.29, 1.82) is 0 Å². The molecule has 7 nitrogen and oxygen atoms in total. The molecule has 3 rings (SSSR count). The molecule has 1 aliphatic heterocycles. The van der Waals surface area contributed by atoms with Gasteiger partial charge in [0.2, 0.25) is 0 Å². The van der Waals surface area contributed by atoms with Crippen LogP contribution in [0.5, 0.6) is 0 Å². The fourth-order valence-corrected chi connectivity index (χ4v) is 1.83. The van der Waals surface area contributed by atoms with Crippen LogP contribution < -0.4 is 16.4 Å². The SMILES string of the molecule is Nc1cncc(Nc2ccc3c(c2)C(=O)NC3=O)n1. The molecule has 0 radical (unpaired) electrons. The molecule has 1 aromatic carbocycles. The Morgan fingerprint density at radius 2 is 1.89 bits per heavy atom. The van der Waals surface area contributed by atoms with E-state index in [9.17, 15) is 9.59 Å². The first-order valence-electron chi connectivity index (χ1n) is 5.48. The normalized spacial score (nSPS) is 13.1. The van der Waals surface area contributed by atoms with Crippen molar-refractivity contribution in [3.05, 3.63) is 41.7 Å². The molecule has 19 heavy (non-hydrogen) atoms. The maximum Gasteiger partial charge on any atom is 0.259 e. The first-order valence-corrected chi connectivity index (χ1v) is 5.48. The zero-order valence-corrected chi connectivity index (χ0v) is 9.68. The molecule has 0 saturated carbocycles. The van der Waals surface area contributed by atoms with Crippen LogP contribution in [0.2, 0.25) is 0 Å². The zero-order valence-electron chi connectivity index (χ0n) is 9.68. The minimum Gasteiger partial charge on any atom is -0.382 e. The number of nitrogens with two attached hydrogens (primary N) is 1. The van der Waals surface area contributed by atoms with Gasteiger partial charge >= 0.3 is 0 Å². The molecule has 1 aliphatic rings. The van der Waals surface area contributed by atoms with Gasteiger partial charge in [-0.25, -0.2) is 4.98 Å². The van der Waals surface area contributed by atoms with E-state index < -0.39 is 5.91 Å². The summed E-state index contributed by atoms with van der Waals surface area (Å²) in [6.07, 6.45) is 2.94. The molecule has 4 N–H and O–H groups in total. The van der Waals surface area contributed by atoms with Gasteiger partial charge in [0.05, 0.1) is 23.5 Å². The first kappa shape index (κ1) is 11.1. The summed E-state index contributed by atoms with van der Waals surface area (Å²) in [5.41, 5.74) is 6.86. The second kappa shape index (κ2) is 4.05. The van der Waals surface area contributed by atoms with E-state index in [1.54, 1.807) is 18.2 Å². The highest BCUT2D eigenvalue weighted by Crippen LogP contribution is 2.22. The van der Waals surface area contributed by atoms with Gasteiger partial charge in [0.25, 0.3) is 11.8 Å². The maximum atomic E-state index is 11.5. The molecule has 1 aromatic heterocycles. The van der Waals surface area contributed by atoms with Crippen LogP contribution in [0.15, 0.2) is 30.6 Å². The number of benzene rings is 1. The number of rotatable bonds is 2. The van der Waals surface area contributed by atoms with Gasteiger partial charge < -0.3 is 11.1 Å². The average Bonchev–Trinajstić information content (AvgIpc) is 2.65. The third kappa shape index (κ3) is 1.97. The third-order valence-electron chi connectivity index (χ3n) is 2.66. The number of amides is 2. The van der Waals surface area contributed by atoms with Crippen molar-refractivity contribution in [2.24, 2.45) is 0 Å². The molecule has 2 aromatic rings. The molecule has 0 saturated heterocycles. The molecule has 0 spiro atoms. The lowest BCUT2D eigenvalue weighted by Crippen LogP contribution is -2.19. The summed E-state index contributed by atoms with van der Waals surface area (Å²) >= 11 is 0. The number of aromatic nitrogens is 2. The highest BCUT2D eigenvalue weighted by atomic mass is 16.2. The third-order valence-corrected chi connectivity index (χ3v) is 2.66. The van der Waals surface area contributed by atoms with E-state index in [0.29, 0.717) is 28.5 Å². The smallest absolute Gasteiger partial charge is 0.259 e. The van der Waals surface area contributed by atoms with E-state index in [0.717, 1.165) is 0 Å². The Kier molecular flexibility index (Phi) is 2.38. The molecule has 2 heterocycles. The van der Waals surface area contributed by atoms with Crippen molar-refractivity contribution in [3.63, 3.8) is 0 Å². The second-order valence-corrected chi connectivity index (χ2v) is 4.00. The summed E-state index contributed by atoms with van der Waals surface area (Å²) < 4.78 is 0. The highest BCUT2D eigenvalue weighted by molar-refractivity contribution is 6.21. The summed E-state index contributed by atoms with van der Waals surface area (Å²) in [4.78, 5) is 30.9. The molecule has 0 unspecified atom stereocenters. The monoisotopic (exact) mass is 255 g/mol. The number of nitrogens with one attached hydrogen (secondary N) is 2. The van der Waals surface area contributed by atoms with Gasteiger partial charge in [0, 0.05) is 5.69 Å². The van der Waals surface area contributed by atoms with Gasteiger partial charge in [0.1, 0.15) is 5.82 Å². The van der Waals surface area contributed by atoms with Gasteiger partial charge in [0.15, 0.2) is 5.82 Å². The van der Waals surface area contributed by atoms with Gasteiger partial charge in [-0.1, -0.05) is 0 Å². The minimum absolute atomic E-state index is 0.291. The summed E-state index contributed by atoms with van der Waals surface area (Å²) in [7, 11) is 0. The summed E-state index contributed by atoms with van der Waals surface area (Å²) in [6, 6.07) is 4.85. The predicted molar refractivity (Wildman–Crippen MR) is 68.0 cm³/mol. The molecule has 0 fully saturated rings. The Hall–Kier alpha value is -2.96. The second-order valence-electron chi connectivity index (χ2n) is 4.00. The Labute approximate surface area is 107 Å². The van der Waals surface area contributed by atoms with E-state index in [4.69, 9.17) is 5.73 Å². The lowest BCUT2D eigenvalue weighted by Gasteiger charge is -2.06. The fourth-order valence-electron chi connectivity index (χ4n) is 1.83. The number of hydrogen-bond donors (Lipinski definition) is 3. The van der Waals surface area contributed by atoms with Crippen molar-refractivity contribution in [3.8, 4) is 0 Å². The van der Waals surface area contributed by atoms with E-state index in [1.807, 2.05) is 0 Å². The van der Waals surface area contributed by atoms with E-state index in [-0.39, 0.29) is 5.91 Å². The van der Waals surface area contributed by atoms with E-state index in [2.05, 4.69) is 20.6 Å². The van der Waals surface area contributed by atoms with Crippen LogP contribution in [0.3, 0.4) is 0 Å². The summed E-state index contributed by atoms with van der Waals surface area (Å²) in [6.45, 7) is 0. The number of imide groups is 1. The minimum atomic E-state index is -0.401. The number of anilines is 3. The van der Waals surface area contributed by atoms with Gasteiger partial charge in [-0.05, 0) is 18.2 Å². The van der Waals surface area contributed by atoms with Crippen LogP contribution in [0.25, 0.3) is 0 Å². The Morgan fingerprint density at radius 3 is 2.68 bits per heavy atom. The van der Waals surface area contributed by atoms with Crippen LogP contribution in [0.4, 0.5) is 17.3 Å². The molecule has 0 bridgehead atoms. The number of hydrogen-bond acceptors (Lipinski definition) is 6. The average molecular weight is 255 g/mol. The molecule has 94 valence electrons. The number of nitrogens with zero attached hydrogens (tertiary/aromatic N) is 2. The fraction of sp³-hybridized carbons (Fsp3) is 0. The van der Waals surface area contributed by atoms with Crippen molar-refractivity contribution in [1.82, 2.24) is 15.3 Å². The van der Waals surface area contributed by atoms with Crippen molar-refractivity contribution >= 4 is 29.1 Å². The molecule has 0 atom stereocenters. The largest absolute Gasteiger partial charge is 0.382 e. The van der Waals surface area contributed by atoms with Crippen LogP contribution in [-0.4, -0.2) is 21.8 Å². The molecule has 7 heteroatoms. The Balaban J connectivity index is 1.93. The summed E-state index contributed by atoms with van der Waals surface area (Å²) in [5.74, 6) is -0.0265. The highest BCUT2D eigenvalue weighted by Gasteiger charge is 2.26. The Morgan fingerprint density at radius 1 is 1.11 bits per heavy atom. The summed E-state index contributed by atoms with van der Waals surface area (Å²) in [5, 5.41) is 5.19. The van der Waals surface area contributed by atoms with Crippen molar-refractivity contribution in [2.75, 3.05) is 11.1 Å². The van der Waals surface area contributed by atoms with Crippen molar-refractivity contribution in [2.45, 2.75) is 0 Å². The number of carbonyl (C=O) groups excluding carboxylic acids is 2. The van der Waals surface area contributed by atoms with Crippen molar-refractivity contribution < 1.29 is 9.59 Å². The topological polar surface area (TPSA) is 110 Å². The molecular formula is C12H9N5O2. The van der Waals surface area contributed by atoms with Crippen LogP contribution in [0.1, 0.15) is 20.7 Å². The quantitative estimate of drug-likeness (QED) is 0.681. The zero-order chi connectivity index (χ0) is 13.4. The maximum absolute atomic E-state index is 11.5. The molecular weight excluding hydrogens is 246 g/mol. The molecule has 2 amide bonds. The van der Waals surface area contributed by atoms with Gasteiger partial charge in [-0.3, -0.25) is 19.9 Å². The van der Waals surface area contributed by atoms with E-state index in [1.165, 1.54) is 12.4 Å². The lowest BCUT2D eigenvalue weighted by atomic mass is 10.1. The van der Waals surface area contributed by atoms with Gasteiger partial charge in [-0.2, -0.15) is 0 Å².